The maximum absolute atomic E-state index is 12.8. The van der Waals surface area contributed by atoms with E-state index >= 15 is 0 Å². The summed E-state index contributed by atoms with van der Waals surface area (Å²) in [5.74, 6) is -0.235. The fourth-order valence-electron chi connectivity index (χ4n) is 2.33. The molecule has 1 aliphatic rings. The van der Waals surface area contributed by atoms with Gasteiger partial charge in [0, 0.05) is 7.05 Å². The van der Waals surface area contributed by atoms with Gasteiger partial charge in [0.15, 0.2) is 5.17 Å². The number of hydrogen-bond acceptors (Lipinski definition) is 3. The lowest BCUT2D eigenvalue weighted by atomic mass is 10.1. The van der Waals surface area contributed by atoms with Crippen molar-refractivity contribution in [1.29, 1.82) is 0 Å². The van der Waals surface area contributed by atoms with Gasteiger partial charge in [-0.1, -0.05) is 35.9 Å². The number of aliphatic imine (C=N–C) groups is 1. The molecule has 0 radical (unpaired) electrons. The largest absolute Gasteiger partial charge is 0.416 e. The molecule has 0 saturated carbocycles. The fraction of sp³-hybridized carbons (Fsp3) is 0.158. The molecule has 26 heavy (non-hydrogen) atoms. The van der Waals surface area contributed by atoms with Crippen LogP contribution in [0.4, 0.5) is 18.9 Å². The van der Waals surface area contributed by atoms with Gasteiger partial charge in [-0.25, -0.2) is 4.99 Å². The first-order valence-electron chi connectivity index (χ1n) is 7.74. The van der Waals surface area contributed by atoms with Crippen molar-refractivity contribution >= 4 is 34.6 Å². The third-order valence-electron chi connectivity index (χ3n) is 3.78. The molecule has 1 aliphatic heterocycles. The minimum atomic E-state index is -4.43. The van der Waals surface area contributed by atoms with E-state index in [-0.39, 0.29) is 11.6 Å². The Labute approximate surface area is 153 Å². The minimum Gasteiger partial charge on any atom is -0.290 e. The molecule has 2 aromatic carbocycles. The van der Waals surface area contributed by atoms with Crippen molar-refractivity contribution in [1.82, 2.24) is 4.90 Å². The summed E-state index contributed by atoms with van der Waals surface area (Å²) in [4.78, 5) is 18.4. The SMILES string of the molecule is Cc1ccc(/C=C2\SC(=Nc3cccc(C(F)(F)F)c3)N(C)C2=O)cc1. The summed E-state index contributed by atoms with van der Waals surface area (Å²) in [5.41, 5.74) is 1.37. The predicted molar refractivity (Wildman–Crippen MR) is 98.1 cm³/mol. The number of amides is 1. The van der Waals surface area contributed by atoms with Crippen molar-refractivity contribution in [3.8, 4) is 0 Å². The molecule has 1 saturated heterocycles. The highest BCUT2D eigenvalue weighted by atomic mass is 32.2. The summed E-state index contributed by atoms with van der Waals surface area (Å²) in [7, 11) is 1.55. The van der Waals surface area contributed by atoms with E-state index in [2.05, 4.69) is 4.99 Å². The molecule has 3 nitrogen and oxygen atoms in total. The Morgan fingerprint density at radius 2 is 1.81 bits per heavy atom. The fourth-order valence-corrected chi connectivity index (χ4v) is 3.31. The number of likely N-dealkylation sites (N-methyl/N-ethyl adjacent to an activating group) is 1. The normalized spacial score (nSPS) is 18.2. The van der Waals surface area contributed by atoms with Crippen molar-refractivity contribution in [2.24, 2.45) is 4.99 Å². The number of nitrogens with zero attached hydrogens (tertiary/aromatic N) is 2. The number of aryl methyl sites for hydroxylation is 1. The van der Waals surface area contributed by atoms with E-state index in [9.17, 15) is 18.0 Å². The summed E-state index contributed by atoms with van der Waals surface area (Å²) in [5, 5.41) is 0.340. The van der Waals surface area contributed by atoms with Gasteiger partial charge in [0.2, 0.25) is 0 Å². The second-order valence-electron chi connectivity index (χ2n) is 5.83. The second-order valence-corrected chi connectivity index (χ2v) is 6.84. The van der Waals surface area contributed by atoms with Crippen molar-refractivity contribution in [3.05, 3.63) is 70.1 Å². The van der Waals surface area contributed by atoms with Crippen LogP contribution in [0, 0.1) is 6.92 Å². The van der Waals surface area contributed by atoms with Gasteiger partial charge in [0.25, 0.3) is 5.91 Å². The van der Waals surface area contributed by atoms with Crippen LogP contribution < -0.4 is 0 Å². The quantitative estimate of drug-likeness (QED) is 0.671. The number of benzene rings is 2. The lowest BCUT2D eigenvalue weighted by molar-refractivity contribution is -0.137. The Balaban J connectivity index is 1.89. The van der Waals surface area contributed by atoms with Crippen LogP contribution in [0.3, 0.4) is 0 Å². The highest BCUT2D eigenvalue weighted by Crippen LogP contribution is 2.35. The van der Waals surface area contributed by atoms with E-state index in [1.165, 1.54) is 17.0 Å². The highest BCUT2D eigenvalue weighted by molar-refractivity contribution is 8.18. The molecular formula is C19H15F3N2OS. The van der Waals surface area contributed by atoms with Crippen LogP contribution in [-0.4, -0.2) is 23.0 Å². The highest BCUT2D eigenvalue weighted by Gasteiger charge is 2.32. The van der Waals surface area contributed by atoms with Gasteiger partial charge in [0.05, 0.1) is 16.2 Å². The number of thioether (sulfide) groups is 1. The molecule has 3 rings (SSSR count). The number of alkyl halides is 3. The van der Waals surface area contributed by atoms with E-state index in [0.29, 0.717) is 10.1 Å². The number of hydrogen-bond donors (Lipinski definition) is 0. The molecule has 1 amide bonds. The molecule has 1 fully saturated rings. The summed E-state index contributed by atoms with van der Waals surface area (Å²) < 4.78 is 38.5. The van der Waals surface area contributed by atoms with Crippen molar-refractivity contribution < 1.29 is 18.0 Å². The van der Waals surface area contributed by atoms with E-state index in [1.807, 2.05) is 31.2 Å². The average molecular weight is 376 g/mol. The van der Waals surface area contributed by atoms with Gasteiger partial charge in [-0.15, -0.1) is 0 Å². The predicted octanol–water partition coefficient (Wildman–Crippen LogP) is 5.25. The first-order chi connectivity index (χ1) is 12.2. The van der Waals surface area contributed by atoms with Crippen LogP contribution in [0.1, 0.15) is 16.7 Å². The van der Waals surface area contributed by atoms with Gasteiger partial charge in [-0.3, -0.25) is 9.69 Å². The van der Waals surface area contributed by atoms with E-state index in [4.69, 9.17) is 0 Å². The lowest BCUT2D eigenvalue weighted by Crippen LogP contribution is -2.23. The number of rotatable bonds is 2. The summed E-state index contributed by atoms with van der Waals surface area (Å²) in [6.45, 7) is 1.97. The zero-order valence-corrected chi connectivity index (χ0v) is 14.9. The molecule has 0 N–H and O–H groups in total. The molecule has 0 spiro atoms. The van der Waals surface area contributed by atoms with Gasteiger partial charge >= 0.3 is 6.18 Å². The third kappa shape index (κ3) is 3.99. The molecule has 134 valence electrons. The van der Waals surface area contributed by atoms with Crippen LogP contribution >= 0.6 is 11.8 Å². The number of carbonyl (C=O) groups is 1. The Morgan fingerprint density at radius 1 is 1.12 bits per heavy atom. The molecule has 0 bridgehead atoms. The summed E-state index contributed by atoms with van der Waals surface area (Å²) in [6, 6.07) is 12.4. The van der Waals surface area contributed by atoms with Gasteiger partial charge in [-0.2, -0.15) is 13.2 Å². The van der Waals surface area contributed by atoms with Crippen LogP contribution in [0.15, 0.2) is 58.4 Å². The molecule has 0 unspecified atom stereocenters. The standard InChI is InChI=1S/C19H15F3N2OS/c1-12-6-8-13(9-7-12)10-16-17(25)24(2)18(26-16)23-15-5-3-4-14(11-15)19(20,21)22/h3-11H,1-2H3/b16-10-,23-18?. The Hall–Kier alpha value is -2.54. The third-order valence-corrected chi connectivity index (χ3v) is 4.84. The number of amidine groups is 1. The van der Waals surface area contributed by atoms with Crippen LogP contribution in [0.2, 0.25) is 0 Å². The van der Waals surface area contributed by atoms with Crippen LogP contribution in [0.5, 0.6) is 0 Å². The van der Waals surface area contributed by atoms with E-state index in [0.717, 1.165) is 35.0 Å². The monoisotopic (exact) mass is 376 g/mol. The minimum absolute atomic E-state index is 0.151. The van der Waals surface area contributed by atoms with Crippen molar-refractivity contribution in [2.45, 2.75) is 13.1 Å². The molecule has 0 aromatic heterocycles. The molecule has 7 heteroatoms. The van der Waals surface area contributed by atoms with E-state index in [1.54, 1.807) is 13.1 Å². The molecule has 1 heterocycles. The molecule has 0 aliphatic carbocycles. The maximum atomic E-state index is 12.8. The maximum Gasteiger partial charge on any atom is 0.416 e. The smallest absolute Gasteiger partial charge is 0.290 e. The second kappa shape index (κ2) is 6.99. The van der Waals surface area contributed by atoms with Gasteiger partial charge < -0.3 is 0 Å². The van der Waals surface area contributed by atoms with Gasteiger partial charge in [0.1, 0.15) is 0 Å². The zero-order valence-electron chi connectivity index (χ0n) is 14.0. The first-order valence-corrected chi connectivity index (χ1v) is 8.56. The molecular weight excluding hydrogens is 361 g/mol. The van der Waals surface area contributed by atoms with Gasteiger partial charge in [-0.05, 0) is 48.5 Å². The Morgan fingerprint density at radius 3 is 2.46 bits per heavy atom. The summed E-state index contributed by atoms with van der Waals surface area (Å²) >= 11 is 1.14. The van der Waals surface area contributed by atoms with Crippen molar-refractivity contribution in [2.75, 3.05) is 7.05 Å². The van der Waals surface area contributed by atoms with E-state index < -0.39 is 11.7 Å². The van der Waals surface area contributed by atoms with Crippen molar-refractivity contribution in [3.63, 3.8) is 0 Å². The molecule has 0 atom stereocenters. The van der Waals surface area contributed by atoms with Crippen LogP contribution in [-0.2, 0) is 11.0 Å². The lowest BCUT2D eigenvalue weighted by Gasteiger charge is -2.09. The van der Waals surface area contributed by atoms with Crippen LogP contribution in [0.25, 0.3) is 6.08 Å². The average Bonchev–Trinajstić information content (AvgIpc) is 2.84. The Bertz CT molecular complexity index is 902. The topological polar surface area (TPSA) is 32.7 Å². The zero-order chi connectivity index (χ0) is 18.9. The first kappa shape index (κ1) is 18.3. The number of carbonyl (C=O) groups excluding carboxylic acids is 1. The molecule has 2 aromatic rings. The Kier molecular flexibility index (Phi) is 4.91. The summed E-state index contributed by atoms with van der Waals surface area (Å²) in [6.07, 6.45) is -2.69. The number of halogens is 3.